The van der Waals surface area contributed by atoms with Crippen molar-refractivity contribution in [2.24, 2.45) is 0 Å². The molecule has 1 amide bonds. The van der Waals surface area contributed by atoms with E-state index < -0.39 is 11.1 Å². The number of carbonyl (C=O) groups is 1. The number of nitrogens with one attached hydrogen (secondary N) is 1. The zero-order chi connectivity index (χ0) is 20.1. The Morgan fingerprint density at radius 1 is 1.14 bits per heavy atom. The Balaban J connectivity index is 1.70. The molecule has 0 saturated carbocycles. The van der Waals surface area contributed by atoms with E-state index in [4.69, 9.17) is 13.9 Å². The topological polar surface area (TPSA) is 86.5 Å². The monoisotopic (exact) mass is 403 g/mol. The highest BCUT2D eigenvalue weighted by molar-refractivity contribution is 8.00. The fourth-order valence-electron chi connectivity index (χ4n) is 2.31. The van der Waals surface area contributed by atoms with E-state index in [-0.39, 0.29) is 22.7 Å². The van der Waals surface area contributed by atoms with Crippen molar-refractivity contribution in [2.45, 2.75) is 17.4 Å². The molecule has 7 nitrogen and oxygen atoms in total. The summed E-state index contributed by atoms with van der Waals surface area (Å²) in [5, 5.41) is 10.1. The van der Waals surface area contributed by atoms with Gasteiger partial charge in [0.1, 0.15) is 17.3 Å². The van der Waals surface area contributed by atoms with E-state index in [9.17, 15) is 9.18 Å². The summed E-state index contributed by atoms with van der Waals surface area (Å²) in [5.74, 6) is 0.554. The summed E-state index contributed by atoms with van der Waals surface area (Å²) in [6.07, 6.45) is 0. The molecule has 0 bridgehead atoms. The normalized spacial score (nSPS) is 11.7. The SMILES string of the molecule is COc1cc(OC)cc(-c2nnc(S[C@@H](C)C(=O)Nc3ccccc3F)o2)c1. The molecule has 0 spiro atoms. The molecule has 0 unspecified atom stereocenters. The van der Waals surface area contributed by atoms with Gasteiger partial charge in [-0.2, -0.15) is 0 Å². The molecule has 0 aliphatic heterocycles. The Labute approximate surface area is 165 Å². The van der Waals surface area contributed by atoms with Crippen LogP contribution in [0.3, 0.4) is 0 Å². The number of hydrogen-bond donors (Lipinski definition) is 1. The van der Waals surface area contributed by atoms with E-state index >= 15 is 0 Å². The summed E-state index contributed by atoms with van der Waals surface area (Å²) in [7, 11) is 3.09. The van der Waals surface area contributed by atoms with E-state index in [1.807, 2.05) is 0 Å². The molecule has 28 heavy (non-hydrogen) atoms. The molecule has 3 aromatic rings. The lowest BCUT2D eigenvalue weighted by atomic mass is 10.2. The fourth-order valence-corrected chi connectivity index (χ4v) is 2.99. The predicted octanol–water partition coefficient (Wildman–Crippen LogP) is 4.01. The van der Waals surface area contributed by atoms with Crippen molar-refractivity contribution in [1.29, 1.82) is 0 Å². The first-order valence-electron chi connectivity index (χ1n) is 8.29. The number of para-hydroxylation sites is 1. The second-order valence-corrected chi connectivity index (χ2v) is 7.00. The van der Waals surface area contributed by atoms with Crippen LogP contribution in [-0.4, -0.2) is 35.6 Å². The van der Waals surface area contributed by atoms with Crippen LogP contribution in [0.25, 0.3) is 11.5 Å². The van der Waals surface area contributed by atoms with Gasteiger partial charge in [-0.3, -0.25) is 4.79 Å². The number of carbonyl (C=O) groups excluding carboxylic acids is 1. The van der Waals surface area contributed by atoms with Gasteiger partial charge in [-0.15, -0.1) is 10.2 Å². The van der Waals surface area contributed by atoms with Gasteiger partial charge < -0.3 is 19.2 Å². The molecule has 3 rings (SSSR count). The van der Waals surface area contributed by atoms with Gasteiger partial charge in [0.2, 0.25) is 11.8 Å². The van der Waals surface area contributed by atoms with Crippen LogP contribution in [0.5, 0.6) is 11.5 Å². The number of hydrogen-bond acceptors (Lipinski definition) is 7. The molecule has 1 N–H and O–H groups in total. The number of methoxy groups -OCH3 is 2. The van der Waals surface area contributed by atoms with Gasteiger partial charge in [0.05, 0.1) is 25.2 Å². The van der Waals surface area contributed by atoms with Crippen LogP contribution in [0.2, 0.25) is 0 Å². The Morgan fingerprint density at radius 2 is 1.82 bits per heavy atom. The van der Waals surface area contributed by atoms with E-state index in [1.54, 1.807) is 51.5 Å². The summed E-state index contributed by atoms with van der Waals surface area (Å²) < 4.78 is 29.8. The quantitative estimate of drug-likeness (QED) is 0.597. The molecule has 0 aliphatic carbocycles. The number of nitrogens with zero attached hydrogens (tertiary/aromatic N) is 2. The van der Waals surface area contributed by atoms with Gasteiger partial charge in [0, 0.05) is 11.6 Å². The first-order valence-corrected chi connectivity index (χ1v) is 9.17. The number of halogens is 1. The second kappa shape index (κ2) is 8.75. The number of ether oxygens (including phenoxy) is 2. The summed E-state index contributed by atoms with van der Waals surface area (Å²) in [4.78, 5) is 12.3. The van der Waals surface area contributed by atoms with Crippen molar-refractivity contribution in [1.82, 2.24) is 10.2 Å². The van der Waals surface area contributed by atoms with Crippen molar-refractivity contribution in [3.05, 3.63) is 48.3 Å². The van der Waals surface area contributed by atoms with E-state index in [2.05, 4.69) is 15.5 Å². The van der Waals surface area contributed by atoms with Crippen molar-refractivity contribution in [2.75, 3.05) is 19.5 Å². The smallest absolute Gasteiger partial charge is 0.277 e. The molecule has 9 heteroatoms. The highest BCUT2D eigenvalue weighted by Crippen LogP contribution is 2.31. The third kappa shape index (κ3) is 4.61. The van der Waals surface area contributed by atoms with Gasteiger partial charge in [-0.25, -0.2) is 4.39 Å². The Morgan fingerprint density at radius 3 is 2.46 bits per heavy atom. The van der Waals surface area contributed by atoms with Gasteiger partial charge >= 0.3 is 0 Å². The number of rotatable bonds is 7. The zero-order valence-corrected chi connectivity index (χ0v) is 16.2. The van der Waals surface area contributed by atoms with Crippen molar-refractivity contribution >= 4 is 23.4 Å². The second-order valence-electron chi connectivity index (χ2n) is 5.70. The first-order chi connectivity index (χ1) is 13.5. The minimum Gasteiger partial charge on any atom is -0.497 e. The van der Waals surface area contributed by atoms with Crippen LogP contribution in [0.4, 0.5) is 10.1 Å². The van der Waals surface area contributed by atoms with Crippen LogP contribution in [0.1, 0.15) is 6.92 Å². The zero-order valence-electron chi connectivity index (χ0n) is 15.4. The minimum atomic E-state index is -0.576. The molecule has 1 aromatic heterocycles. The van der Waals surface area contributed by atoms with Crippen LogP contribution in [0, 0.1) is 5.82 Å². The molecule has 1 heterocycles. The number of aromatic nitrogens is 2. The summed E-state index contributed by atoms with van der Waals surface area (Å²) in [5.41, 5.74) is 0.744. The first kappa shape index (κ1) is 19.7. The average Bonchev–Trinajstić information content (AvgIpc) is 3.17. The Bertz CT molecular complexity index is 957. The van der Waals surface area contributed by atoms with Crippen molar-refractivity contribution in [3.8, 4) is 23.0 Å². The molecule has 0 aliphatic rings. The maximum Gasteiger partial charge on any atom is 0.277 e. The summed E-state index contributed by atoms with van der Waals surface area (Å²) in [6, 6.07) is 11.2. The largest absolute Gasteiger partial charge is 0.497 e. The van der Waals surface area contributed by atoms with Crippen LogP contribution in [0.15, 0.2) is 52.1 Å². The number of thioether (sulfide) groups is 1. The highest BCUT2D eigenvalue weighted by Gasteiger charge is 2.20. The molecule has 0 saturated heterocycles. The molecule has 0 fully saturated rings. The highest BCUT2D eigenvalue weighted by atomic mass is 32.2. The van der Waals surface area contributed by atoms with Gasteiger partial charge in [-0.05, 0) is 31.2 Å². The van der Waals surface area contributed by atoms with Gasteiger partial charge in [0.25, 0.3) is 5.22 Å². The summed E-state index contributed by atoms with van der Waals surface area (Å²) >= 11 is 1.07. The lowest BCUT2D eigenvalue weighted by Gasteiger charge is -2.10. The van der Waals surface area contributed by atoms with E-state index in [1.165, 1.54) is 12.1 Å². The molecular weight excluding hydrogens is 385 g/mol. The fraction of sp³-hybridized carbons (Fsp3) is 0.211. The third-order valence-corrected chi connectivity index (χ3v) is 4.72. The van der Waals surface area contributed by atoms with Gasteiger partial charge in [0.15, 0.2) is 0 Å². The number of benzene rings is 2. The van der Waals surface area contributed by atoms with Crippen LogP contribution < -0.4 is 14.8 Å². The lowest BCUT2D eigenvalue weighted by Crippen LogP contribution is -2.22. The lowest BCUT2D eigenvalue weighted by molar-refractivity contribution is -0.115. The number of amides is 1. The maximum absolute atomic E-state index is 13.7. The summed E-state index contributed by atoms with van der Waals surface area (Å²) in [6.45, 7) is 1.67. The minimum absolute atomic E-state index is 0.120. The third-order valence-electron chi connectivity index (χ3n) is 3.78. The standard InChI is InChI=1S/C19H18FN3O4S/c1-11(17(24)21-16-7-5-4-6-15(16)20)28-19-23-22-18(27-19)12-8-13(25-2)10-14(9-12)26-3/h4-11H,1-3H3,(H,21,24)/t11-/m0/s1. The number of anilines is 1. The maximum atomic E-state index is 13.7. The Kier molecular flexibility index (Phi) is 6.15. The van der Waals surface area contributed by atoms with E-state index in [0.29, 0.717) is 17.1 Å². The average molecular weight is 403 g/mol. The van der Waals surface area contributed by atoms with Crippen molar-refractivity contribution < 1.29 is 23.1 Å². The van der Waals surface area contributed by atoms with E-state index in [0.717, 1.165) is 11.8 Å². The predicted molar refractivity (Wildman–Crippen MR) is 103 cm³/mol. The molecule has 0 radical (unpaired) electrons. The Hall–Kier alpha value is -3.07. The van der Waals surface area contributed by atoms with Crippen LogP contribution >= 0.6 is 11.8 Å². The molecule has 146 valence electrons. The van der Waals surface area contributed by atoms with Crippen LogP contribution in [-0.2, 0) is 4.79 Å². The molecule has 2 aromatic carbocycles. The molecule has 1 atom stereocenters. The molecular formula is C19H18FN3O4S. The van der Waals surface area contributed by atoms with Crippen molar-refractivity contribution in [3.63, 3.8) is 0 Å². The van der Waals surface area contributed by atoms with Gasteiger partial charge in [-0.1, -0.05) is 23.9 Å².